The van der Waals surface area contributed by atoms with Crippen molar-refractivity contribution in [2.75, 3.05) is 13.6 Å². The first-order valence-electron chi connectivity index (χ1n) is 5.29. The Hall–Kier alpha value is -2.07. The zero-order chi connectivity index (χ0) is 12.3. The van der Waals surface area contributed by atoms with Gasteiger partial charge in [-0.05, 0) is 30.8 Å². The molecular weight excluding hydrogens is 218 g/mol. The van der Waals surface area contributed by atoms with Crippen molar-refractivity contribution >= 4 is 23.0 Å². The van der Waals surface area contributed by atoms with Crippen molar-refractivity contribution in [3.63, 3.8) is 0 Å². The normalized spacial score (nSPS) is 11.4. The van der Waals surface area contributed by atoms with Crippen LogP contribution in [0.1, 0.15) is 16.1 Å². The number of carbonyl (C=O) groups is 1. The molecule has 17 heavy (non-hydrogen) atoms. The number of aromatic carboxylic acids is 1. The van der Waals surface area contributed by atoms with Crippen molar-refractivity contribution < 1.29 is 14.3 Å². The van der Waals surface area contributed by atoms with Gasteiger partial charge in [0.15, 0.2) is 0 Å². The number of nitrogens with one attached hydrogen (secondary N) is 1. The number of furan rings is 1. The van der Waals surface area contributed by atoms with Crippen LogP contribution in [0.5, 0.6) is 0 Å². The topological polar surface area (TPSA) is 62.5 Å². The summed E-state index contributed by atoms with van der Waals surface area (Å²) in [6.07, 6.45) is 3.97. The highest BCUT2D eigenvalue weighted by Gasteiger charge is 2.09. The van der Waals surface area contributed by atoms with Gasteiger partial charge in [-0.2, -0.15) is 0 Å². The molecule has 0 saturated heterocycles. The van der Waals surface area contributed by atoms with E-state index in [1.807, 2.05) is 31.3 Å². The summed E-state index contributed by atoms with van der Waals surface area (Å²) in [5, 5.41) is 12.6. The van der Waals surface area contributed by atoms with E-state index in [1.54, 1.807) is 6.07 Å². The molecule has 1 aromatic heterocycles. The summed E-state index contributed by atoms with van der Waals surface area (Å²) >= 11 is 0. The van der Waals surface area contributed by atoms with Crippen molar-refractivity contribution in [1.82, 2.24) is 5.32 Å². The summed E-state index contributed by atoms with van der Waals surface area (Å²) < 4.78 is 5.17. The Bertz CT molecular complexity index is 569. The summed E-state index contributed by atoms with van der Waals surface area (Å²) in [7, 11) is 1.88. The SMILES string of the molecule is CNCC=Cc1ccc2oc(C(=O)O)cc2c1. The molecule has 2 N–H and O–H groups in total. The second-order valence-corrected chi connectivity index (χ2v) is 3.67. The predicted molar refractivity (Wildman–Crippen MR) is 66.1 cm³/mol. The van der Waals surface area contributed by atoms with Gasteiger partial charge in [-0.15, -0.1) is 0 Å². The Morgan fingerprint density at radius 3 is 3.00 bits per heavy atom. The zero-order valence-electron chi connectivity index (χ0n) is 9.43. The molecule has 0 radical (unpaired) electrons. The van der Waals surface area contributed by atoms with Gasteiger partial charge in [0.1, 0.15) is 5.58 Å². The van der Waals surface area contributed by atoms with Crippen LogP contribution in [0.15, 0.2) is 34.8 Å². The number of likely N-dealkylation sites (N-methyl/N-ethyl adjacent to an activating group) is 1. The minimum Gasteiger partial charge on any atom is -0.475 e. The monoisotopic (exact) mass is 231 g/mol. The quantitative estimate of drug-likeness (QED) is 0.847. The second kappa shape index (κ2) is 4.84. The highest BCUT2D eigenvalue weighted by Crippen LogP contribution is 2.21. The lowest BCUT2D eigenvalue weighted by molar-refractivity contribution is 0.0665. The molecule has 0 unspecified atom stereocenters. The van der Waals surface area contributed by atoms with E-state index in [-0.39, 0.29) is 5.76 Å². The van der Waals surface area contributed by atoms with Crippen LogP contribution in [0.3, 0.4) is 0 Å². The molecule has 0 aliphatic heterocycles. The van der Waals surface area contributed by atoms with Gasteiger partial charge in [0.05, 0.1) is 0 Å². The molecule has 4 heteroatoms. The van der Waals surface area contributed by atoms with Crippen molar-refractivity contribution in [2.24, 2.45) is 0 Å². The summed E-state index contributed by atoms with van der Waals surface area (Å²) in [5.41, 5.74) is 1.61. The lowest BCUT2D eigenvalue weighted by atomic mass is 10.1. The van der Waals surface area contributed by atoms with E-state index in [9.17, 15) is 4.79 Å². The van der Waals surface area contributed by atoms with E-state index in [2.05, 4.69) is 5.32 Å². The number of rotatable bonds is 4. The third-order valence-corrected chi connectivity index (χ3v) is 2.38. The second-order valence-electron chi connectivity index (χ2n) is 3.67. The first kappa shape index (κ1) is 11.4. The van der Waals surface area contributed by atoms with Crippen LogP contribution < -0.4 is 5.32 Å². The molecule has 0 spiro atoms. The maximum absolute atomic E-state index is 10.8. The average Bonchev–Trinajstić information content (AvgIpc) is 2.72. The molecule has 1 aromatic carbocycles. The highest BCUT2D eigenvalue weighted by atomic mass is 16.4. The maximum atomic E-state index is 10.8. The third-order valence-electron chi connectivity index (χ3n) is 2.38. The van der Waals surface area contributed by atoms with E-state index in [4.69, 9.17) is 9.52 Å². The molecule has 0 saturated carbocycles. The largest absolute Gasteiger partial charge is 0.475 e. The van der Waals surface area contributed by atoms with E-state index < -0.39 is 5.97 Å². The molecule has 0 aliphatic carbocycles. The van der Waals surface area contributed by atoms with E-state index in [0.29, 0.717) is 5.58 Å². The summed E-state index contributed by atoms with van der Waals surface area (Å²) in [6, 6.07) is 7.11. The lowest BCUT2D eigenvalue weighted by Gasteiger charge is -1.93. The molecule has 0 aliphatic rings. The molecule has 88 valence electrons. The smallest absolute Gasteiger partial charge is 0.371 e. The van der Waals surface area contributed by atoms with Crippen LogP contribution in [0.25, 0.3) is 17.0 Å². The molecule has 2 aromatic rings. The molecule has 4 nitrogen and oxygen atoms in total. The summed E-state index contributed by atoms with van der Waals surface area (Å²) in [5.74, 6) is -1.08. The fraction of sp³-hybridized carbons (Fsp3) is 0.154. The van der Waals surface area contributed by atoms with Gasteiger partial charge >= 0.3 is 5.97 Å². The summed E-state index contributed by atoms with van der Waals surface area (Å²) in [4.78, 5) is 10.8. The van der Waals surface area contributed by atoms with Crippen molar-refractivity contribution in [3.05, 3.63) is 41.7 Å². The predicted octanol–water partition coefficient (Wildman–Crippen LogP) is 2.36. The van der Waals surface area contributed by atoms with E-state index in [1.165, 1.54) is 6.07 Å². The van der Waals surface area contributed by atoms with Gasteiger partial charge in [-0.25, -0.2) is 4.79 Å². The number of hydrogen-bond donors (Lipinski definition) is 2. The molecular formula is C13H13NO3. The standard InChI is InChI=1S/C13H13NO3/c1-14-6-2-3-9-4-5-11-10(7-9)8-12(17-11)13(15)16/h2-5,7-8,14H,6H2,1H3,(H,15,16). The van der Waals surface area contributed by atoms with Gasteiger partial charge in [0.2, 0.25) is 5.76 Å². The molecule has 2 rings (SSSR count). The van der Waals surface area contributed by atoms with Gasteiger partial charge in [0, 0.05) is 11.9 Å². The van der Waals surface area contributed by atoms with Crippen molar-refractivity contribution in [2.45, 2.75) is 0 Å². The Kier molecular flexibility index (Phi) is 3.25. The minimum absolute atomic E-state index is 0.0312. The van der Waals surface area contributed by atoms with Gasteiger partial charge in [-0.1, -0.05) is 18.2 Å². The first-order valence-corrected chi connectivity index (χ1v) is 5.29. The molecule has 0 fully saturated rings. The van der Waals surface area contributed by atoms with Gasteiger partial charge < -0.3 is 14.8 Å². The molecule has 1 heterocycles. The molecule has 0 atom stereocenters. The fourth-order valence-corrected chi connectivity index (χ4v) is 1.58. The number of carboxylic acid groups (broad SMARTS) is 1. The minimum atomic E-state index is -1.05. The number of benzene rings is 1. The lowest BCUT2D eigenvalue weighted by Crippen LogP contribution is -2.03. The van der Waals surface area contributed by atoms with Crippen LogP contribution >= 0.6 is 0 Å². The van der Waals surface area contributed by atoms with E-state index in [0.717, 1.165) is 17.5 Å². The fourth-order valence-electron chi connectivity index (χ4n) is 1.58. The van der Waals surface area contributed by atoms with Crippen LogP contribution in [0, 0.1) is 0 Å². The first-order chi connectivity index (χ1) is 8.20. The Labute approximate surface area is 98.5 Å². The Balaban J connectivity index is 2.33. The highest BCUT2D eigenvalue weighted by molar-refractivity contribution is 5.92. The van der Waals surface area contributed by atoms with E-state index >= 15 is 0 Å². The van der Waals surface area contributed by atoms with Crippen molar-refractivity contribution in [1.29, 1.82) is 0 Å². The Morgan fingerprint density at radius 2 is 2.29 bits per heavy atom. The van der Waals surface area contributed by atoms with Crippen molar-refractivity contribution in [3.8, 4) is 0 Å². The number of carboxylic acids is 1. The van der Waals surface area contributed by atoms with Gasteiger partial charge in [0.25, 0.3) is 0 Å². The average molecular weight is 231 g/mol. The van der Waals surface area contributed by atoms with Gasteiger partial charge in [-0.3, -0.25) is 0 Å². The maximum Gasteiger partial charge on any atom is 0.371 e. The van der Waals surface area contributed by atoms with Crippen LogP contribution in [0.2, 0.25) is 0 Å². The molecule has 0 bridgehead atoms. The van der Waals surface area contributed by atoms with Crippen LogP contribution in [0.4, 0.5) is 0 Å². The number of hydrogen-bond acceptors (Lipinski definition) is 3. The Morgan fingerprint density at radius 1 is 1.47 bits per heavy atom. The summed E-state index contributed by atoms with van der Waals surface area (Å²) in [6.45, 7) is 0.795. The van der Waals surface area contributed by atoms with Crippen LogP contribution in [-0.4, -0.2) is 24.7 Å². The van der Waals surface area contributed by atoms with Crippen LogP contribution in [-0.2, 0) is 0 Å². The molecule has 0 amide bonds. The zero-order valence-corrected chi connectivity index (χ0v) is 9.43. The number of fused-ring (bicyclic) bond motifs is 1. The third kappa shape index (κ3) is 2.54.